The molecule has 0 amide bonds. The largest absolute Gasteiger partial charge is 0.468 e. The quantitative estimate of drug-likeness (QED) is 0.313. The van der Waals surface area contributed by atoms with Crippen LogP contribution in [0.5, 0.6) is 17.2 Å². The summed E-state index contributed by atoms with van der Waals surface area (Å²) < 4.78 is 42.4. The van der Waals surface area contributed by atoms with Crippen molar-refractivity contribution in [1.29, 1.82) is 0 Å². The van der Waals surface area contributed by atoms with Crippen LogP contribution in [0.4, 0.5) is 5.82 Å². The third-order valence-corrected chi connectivity index (χ3v) is 6.73. The molecule has 0 saturated carbocycles. The molecule has 14 heteroatoms. The summed E-state index contributed by atoms with van der Waals surface area (Å²) in [5.41, 5.74) is 6.87. The first kappa shape index (κ1) is 23.7. The SMILES string of the molecule is COC(=O)C(C)NP(=O)(COC(C)Cn1cnc2c(N)ncnc21)Oc1ccc2c(c1)OCO2. The predicted molar refractivity (Wildman–Crippen MR) is 121 cm³/mol. The summed E-state index contributed by atoms with van der Waals surface area (Å²) in [4.78, 5) is 24.3. The van der Waals surface area contributed by atoms with E-state index in [4.69, 9.17) is 29.2 Å². The molecule has 0 saturated heterocycles. The highest BCUT2D eigenvalue weighted by atomic mass is 31.2. The molecule has 3 unspecified atom stereocenters. The van der Waals surface area contributed by atoms with Gasteiger partial charge in [-0.3, -0.25) is 9.36 Å². The van der Waals surface area contributed by atoms with Crippen LogP contribution in [0.2, 0.25) is 0 Å². The van der Waals surface area contributed by atoms with Crippen molar-refractivity contribution in [3.8, 4) is 17.2 Å². The summed E-state index contributed by atoms with van der Waals surface area (Å²) in [6.07, 6.45) is 2.19. The molecular weight excluding hydrogens is 467 g/mol. The molecule has 0 fully saturated rings. The summed E-state index contributed by atoms with van der Waals surface area (Å²) in [6.45, 7) is 3.76. The lowest BCUT2D eigenvalue weighted by molar-refractivity contribution is -0.142. The van der Waals surface area contributed by atoms with Crippen molar-refractivity contribution in [2.45, 2.75) is 32.5 Å². The second kappa shape index (κ2) is 9.84. The molecule has 1 aromatic carbocycles. The second-order valence-corrected chi connectivity index (χ2v) is 9.63. The Labute approximate surface area is 195 Å². The average molecular weight is 492 g/mol. The lowest BCUT2D eigenvalue weighted by atomic mass is 10.3. The molecule has 1 aliphatic heterocycles. The minimum Gasteiger partial charge on any atom is -0.468 e. The van der Waals surface area contributed by atoms with Crippen LogP contribution in [0.15, 0.2) is 30.9 Å². The Morgan fingerprint density at radius 2 is 2.06 bits per heavy atom. The molecule has 0 bridgehead atoms. The summed E-state index contributed by atoms with van der Waals surface area (Å²) in [5, 5.41) is 2.72. The van der Waals surface area contributed by atoms with Gasteiger partial charge in [-0.15, -0.1) is 0 Å². The van der Waals surface area contributed by atoms with Crippen LogP contribution in [0, 0.1) is 0 Å². The molecule has 3 N–H and O–H groups in total. The molecule has 1 aliphatic rings. The maximum atomic E-state index is 13.7. The Kier molecular flexibility index (Phi) is 6.87. The summed E-state index contributed by atoms with van der Waals surface area (Å²) >= 11 is 0. The molecule has 3 aromatic rings. The van der Waals surface area contributed by atoms with Crippen molar-refractivity contribution in [2.24, 2.45) is 0 Å². The normalized spacial score (nSPS) is 16.1. The summed E-state index contributed by atoms with van der Waals surface area (Å²) in [6, 6.07) is 3.90. The second-order valence-electron chi connectivity index (χ2n) is 7.59. The van der Waals surface area contributed by atoms with Crippen LogP contribution in [-0.4, -0.2) is 57.9 Å². The van der Waals surface area contributed by atoms with Crippen LogP contribution in [0.1, 0.15) is 13.8 Å². The molecule has 0 aliphatic carbocycles. The van der Waals surface area contributed by atoms with E-state index in [0.29, 0.717) is 29.2 Å². The molecule has 182 valence electrons. The summed E-state index contributed by atoms with van der Waals surface area (Å²) in [5.74, 6) is 0.971. The number of carbonyl (C=O) groups excluding carboxylic acids is 1. The Morgan fingerprint density at radius 1 is 1.26 bits per heavy atom. The average Bonchev–Trinajstić information content (AvgIpc) is 3.44. The van der Waals surface area contributed by atoms with E-state index in [1.54, 1.807) is 36.0 Å². The molecule has 3 heterocycles. The monoisotopic (exact) mass is 492 g/mol. The van der Waals surface area contributed by atoms with Crippen molar-refractivity contribution in [1.82, 2.24) is 24.6 Å². The summed E-state index contributed by atoms with van der Waals surface area (Å²) in [7, 11) is -2.48. The molecule has 4 rings (SSSR count). The number of methoxy groups -OCH3 is 1. The van der Waals surface area contributed by atoms with Crippen molar-refractivity contribution in [3.05, 3.63) is 30.9 Å². The first-order chi connectivity index (χ1) is 16.3. The Bertz CT molecular complexity index is 1240. The molecule has 2 aromatic heterocycles. The Hall–Kier alpha value is -3.41. The fourth-order valence-electron chi connectivity index (χ4n) is 3.31. The first-order valence-electron chi connectivity index (χ1n) is 10.3. The van der Waals surface area contributed by atoms with Gasteiger partial charge in [0.1, 0.15) is 30.0 Å². The van der Waals surface area contributed by atoms with Crippen LogP contribution in [0.25, 0.3) is 11.2 Å². The van der Waals surface area contributed by atoms with Gasteiger partial charge >= 0.3 is 13.5 Å². The van der Waals surface area contributed by atoms with E-state index >= 15 is 0 Å². The number of nitrogens with one attached hydrogen (secondary N) is 1. The van der Waals surface area contributed by atoms with E-state index in [-0.39, 0.29) is 24.7 Å². The fraction of sp³-hybridized carbons (Fsp3) is 0.400. The van der Waals surface area contributed by atoms with Gasteiger partial charge < -0.3 is 33.8 Å². The van der Waals surface area contributed by atoms with Crippen molar-refractivity contribution >= 4 is 30.5 Å². The number of aromatic nitrogens is 4. The number of rotatable bonds is 10. The van der Waals surface area contributed by atoms with E-state index in [0.717, 1.165) is 0 Å². The van der Waals surface area contributed by atoms with Crippen molar-refractivity contribution in [2.75, 3.05) is 26.0 Å². The number of carbonyl (C=O) groups is 1. The van der Waals surface area contributed by atoms with Crippen molar-refractivity contribution in [3.63, 3.8) is 0 Å². The number of hydrogen-bond acceptors (Lipinski definition) is 11. The van der Waals surface area contributed by atoms with Gasteiger partial charge in [0.25, 0.3) is 0 Å². The van der Waals surface area contributed by atoms with E-state index < -0.39 is 25.6 Å². The maximum Gasteiger partial charge on any atom is 0.342 e. The number of hydrogen-bond donors (Lipinski definition) is 2. The minimum absolute atomic E-state index is 0.0915. The maximum absolute atomic E-state index is 13.7. The van der Waals surface area contributed by atoms with Gasteiger partial charge in [0, 0.05) is 6.07 Å². The van der Waals surface area contributed by atoms with Gasteiger partial charge in [-0.25, -0.2) is 20.0 Å². The number of esters is 1. The third kappa shape index (κ3) is 5.22. The molecule has 34 heavy (non-hydrogen) atoms. The number of benzene rings is 1. The molecule has 0 spiro atoms. The predicted octanol–water partition coefficient (Wildman–Crippen LogP) is 1.92. The third-order valence-electron chi connectivity index (χ3n) is 4.95. The minimum atomic E-state index is -3.73. The van der Waals surface area contributed by atoms with Crippen LogP contribution < -0.4 is 24.8 Å². The van der Waals surface area contributed by atoms with Crippen molar-refractivity contribution < 1.29 is 32.8 Å². The van der Waals surface area contributed by atoms with E-state index in [9.17, 15) is 9.36 Å². The smallest absolute Gasteiger partial charge is 0.342 e. The first-order valence-corrected chi connectivity index (χ1v) is 12.2. The lowest BCUT2D eigenvalue weighted by Gasteiger charge is -2.25. The zero-order valence-corrected chi connectivity index (χ0v) is 19.7. The lowest BCUT2D eigenvalue weighted by Crippen LogP contribution is -2.35. The molecule has 13 nitrogen and oxygen atoms in total. The standard InChI is InChI=1S/C20H25N6O7P/c1-12(7-26-9-24-17-18(21)22-8-23-19(17)26)32-11-34(28,25-13(2)20(27)29-3)33-14-4-5-15-16(6-14)31-10-30-15/h4-6,8-9,12-13H,7,10-11H2,1-3H3,(H,25,28)(H2,21,22,23). The zero-order chi connectivity index (χ0) is 24.3. The van der Waals surface area contributed by atoms with Gasteiger partial charge in [0.2, 0.25) is 6.79 Å². The number of anilines is 1. The fourth-order valence-corrected chi connectivity index (χ4v) is 5.09. The molecular formula is C20H25N6O7P. The zero-order valence-electron chi connectivity index (χ0n) is 18.8. The Balaban J connectivity index is 1.47. The van der Waals surface area contributed by atoms with Gasteiger partial charge in [-0.1, -0.05) is 0 Å². The van der Waals surface area contributed by atoms with Gasteiger partial charge in [-0.05, 0) is 26.0 Å². The van der Waals surface area contributed by atoms with Gasteiger partial charge in [-0.2, -0.15) is 0 Å². The number of nitrogens with zero attached hydrogens (tertiary/aromatic N) is 4. The number of nitrogen functional groups attached to an aromatic ring is 1. The highest BCUT2D eigenvalue weighted by molar-refractivity contribution is 7.57. The van der Waals surface area contributed by atoms with Crippen LogP contribution in [0.3, 0.4) is 0 Å². The van der Waals surface area contributed by atoms with E-state index in [1.165, 1.54) is 20.4 Å². The van der Waals surface area contributed by atoms with E-state index in [2.05, 4.69) is 20.0 Å². The van der Waals surface area contributed by atoms with E-state index in [1.807, 2.05) is 0 Å². The van der Waals surface area contributed by atoms with Gasteiger partial charge in [0.15, 0.2) is 23.0 Å². The topological polar surface area (TPSA) is 162 Å². The number of ether oxygens (including phenoxy) is 4. The highest BCUT2D eigenvalue weighted by Crippen LogP contribution is 2.46. The van der Waals surface area contributed by atoms with Gasteiger partial charge in [0.05, 0.1) is 26.1 Å². The number of fused-ring (bicyclic) bond motifs is 2. The number of nitrogens with two attached hydrogens (primary N) is 1. The van der Waals surface area contributed by atoms with Crippen LogP contribution in [-0.2, 0) is 25.4 Å². The van der Waals surface area contributed by atoms with Crippen LogP contribution >= 0.6 is 7.52 Å². The molecule has 3 atom stereocenters. The Morgan fingerprint density at radius 3 is 2.85 bits per heavy atom. The highest BCUT2D eigenvalue weighted by Gasteiger charge is 2.32. The number of imidazole rings is 1. The molecule has 0 radical (unpaired) electrons.